The summed E-state index contributed by atoms with van der Waals surface area (Å²) in [6, 6.07) is 7.21. The van der Waals surface area contributed by atoms with Crippen LogP contribution in [0.3, 0.4) is 0 Å². The van der Waals surface area contributed by atoms with Gasteiger partial charge in [0.2, 0.25) is 0 Å². The summed E-state index contributed by atoms with van der Waals surface area (Å²) < 4.78 is 23.5. The first-order valence-electron chi connectivity index (χ1n) is 7.74. The second kappa shape index (κ2) is 5.61. The second-order valence-corrected chi connectivity index (χ2v) is 8.67. The third-order valence-electron chi connectivity index (χ3n) is 4.37. The highest BCUT2D eigenvalue weighted by molar-refractivity contribution is 7.91. The van der Waals surface area contributed by atoms with Crippen LogP contribution in [0.25, 0.3) is 0 Å². The first-order valence-corrected chi connectivity index (χ1v) is 9.57. The number of hydrogen-bond donors (Lipinski definition) is 1. The van der Waals surface area contributed by atoms with E-state index in [1.165, 1.54) is 29.7 Å². The van der Waals surface area contributed by atoms with Gasteiger partial charge in [0.1, 0.15) is 0 Å². The number of sulfone groups is 1. The van der Waals surface area contributed by atoms with Crippen LogP contribution in [-0.4, -0.2) is 38.6 Å². The molecule has 1 saturated heterocycles. The molecule has 0 aromatic heterocycles. The number of aryl methyl sites for hydroxylation is 1. The molecule has 21 heavy (non-hydrogen) atoms. The minimum atomic E-state index is -2.87. The Morgan fingerprint density at radius 3 is 2.76 bits per heavy atom. The van der Waals surface area contributed by atoms with E-state index in [2.05, 4.69) is 35.3 Å². The summed E-state index contributed by atoms with van der Waals surface area (Å²) in [5.74, 6) is 0.525. The fourth-order valence-electron chi connectivity index (χ4n) is 3.03. The number of nitrogens with zero attached hydrogens (tertiary/aromatic N) is 1. The van der Waals surface area contributed by atoms with Crippen molar-refractivity contribution >= 4 is 15.5 Å². The van der Waals surface area contributed by atoms with Crippen molar-refractivity contribution in [2.75, 3.05) is 23.0 Å². The minimum Gasteiger partial charge on any atom is -0.367 e. The SMILES string of the molecule is Cc1ccc(N2CCS(=O)(=O)CC2C)c(CNC2CC2)c1. The molecule has 5 heteroatoms. The number of hydrogen-bond acceptors (Lipinski definition) is 4. The molecular formula is C16H24N2O2S. The van der Waals surface area contributed by atoms with Gasteiger partial charge in [-0.25, -0.2) is 8.42 Å². The standard InChI is InChI=1S/C16H24N2O2S/c1-12-3-6-16(14(9-12)10-17-15-4-5-15)18-7-8-21(19,20)11-13(18)2/h3,6,9,13,15,17H,4-5,7-8,10-11H2,1-2H3. The summed E-state index contributed by atoms with van der Waals surface area (Å²) in [6.45, 7) is 5.59. The summed E-state index contributed by atoms with van der Waals surface area (Å²) in [5.41, 5.74) is 3.73. The molecule has 1 N–H and O–H groups in total. The summed E-state index contributed by atoms with van der Waals surface area (Å²) >= 11 is 0. The fourth-order valence-corrected chi connectivity index (χ4v) is 4.59. The molecule has 0 spiro atoms. The average molecular weight is 308 g/mol. The van der Waals surface area contributed by atoms with E-state index >= 15 is 0 Å². The molecule has 1 aromatic carbocycles. The van der Waals surface area contributed by atoms with Gasteiger partial charge in [0.15, 0.2) is 9.84 Å². The largest absolute Gasteiger partial charge is 0.367 e. The van der Waals surface area contributed by atoms with Gasteiger partial charge < -0.3 is 10.2 Å². The highest BCUT2D eigenvalue weighted by Crippen LogP contribution is 2.28. The Balaban J connectivity index is 1.82. The fraction of sp³-hybridized carbons (Fsp3) is 0.625. The lowest BCUT2D eigenvalue weighted by Crippen LogP contribution is -2.47. The number of anilines is 1. The Morgan fingerprint density at radius 1 is 1.33 bits per heavy atom. The predicted molar refractivity (Wildman–Crippen MR) is 86.5 cm³/mol. The number of benzene rings is 1. The van der Waals surface area contributed by atoms with Gasteiger partial charge in [0.25, 0.3) is 0 Å². The van der Waals surface area contributed by atoms with Crippen LogP contribution in [0.15, 0.2) is 18.2 Å². The van der Waals surface area contributed by atoms with E-state index in [1.54, 1.807) is 0 Å². The molecule has 1 aliphatic heterocycles. The van der Waals surface area contributed by atoms with Crippen LogP contribution in [0.2, 0.25) is 0 Å². The molecular weight excluding hydrogens is 284 g/mol. The van der Waals surface area contributed by atoms with Crippen LogP contribution < -0.4 is 10.2 Å². The van der Waals surface area contributed by atoms with Crippen molar-refractivity contribution in [3.05, 3.63) is 29.3 Å². The van der Waals surface area contributed by atoms with Crippen LogP contribution in [-0.2, 0) is 16.4 Å². The lowest BCUT2D eigenvalue weighted by Gasteiger charge is -2.36. The molecule has 1 heterocycles. The molecule has 1 unspecified atom stereocenters. The maximum atomic E-state index is 11.8. The zero-order valence-corrected chi connectivity index (χ0v) is 13.6. The van der Waals surface area contributed by atoms with Gasteiger partial charge in [-0.1, -0.05) is 17.7 Å². The lowest BCUT2D eigenvalue weighted by molar-refractivity contribution is 0.567. The van der Waals surface area contributed by atoms with E-state index in [0.29, 0.717) is 12.6 Å². The summed E-state index contributed by atoms with van der Waals surface area (Å²) in [7, 11) is -2.87. The minimum absolute atomic E-state index is 0.0473. The smallest absolute Gasteiger partial charge is 0.154 e. The Morgan fingerprint density at radius 2 is 2.10 bits per heavy atom. The molecule has 2 aliphatic rings. The molecule has 1 atom stereocenters. The zero-order chi connectivity index (χ0) is 15.0. The average Bonchev–Trinajstić information content (AvgIpc) is 3.21. The maximum Gasteiger partial charge on any atom is 0.154 e. The normalized spacial score (nSPS) is 25.0. The van der Waals surface area contributed by atoms with Crippen LogP contribution in [0.5, 0.6) is 0 Å². The van der Waals surface area contributed by atoms with Crippen molar-refractivity contribution in [3.8, 4) is 0 Å². The molecule has 1 saturated carbocycles. The van der Waals surface area contributed by atoms with Gasteiger partial charge in [0.05, 0.1) is 11.5 Å². The molecule has 116 valence electrons. The summed E-state index contributed by atoms with van der Waals surface area (Å²) in [5, 5.41) is 3.57. The molecule has 1 aromatic rings. The monoisotopic (exact) mass is 308 g/mol. The van der Waals surface area contributed by atoms with Gasteiger partial charge in [-0.15, -0.1) is 0 Å². The quantitative estimate of drug-likeness (QED) is 0.922. The van der Waals surface area contributed by atoms with Crippen molar-refractivity contribution in [1.82, 2.24) is 5.32 Å². The van der Waals surface area contributed by atoms with Gasteiger partial charge >= 0.3 is 0 Å². The molecule has 1 aliphatic carbocycles. The van der Waals surface area contributed by atoms with Gasteiger partial charge in [0, 0.05) is 30.9 Å². The zero-order valence-electron chi connectivity index (χ0n) is 12.8. The van der Waals surface area contributed by atoms with E-state index < -0.39 is 9.84 Å². The first-order chi connectivity index (χ1) is 9.94. The Hall–Kier alpha value is -1.07. The summed E-state index contributed by atoms with van der Waals surface area (Å²) in [6.07, 6.45) is 2.55. The first kappa shape index (κ1) is 14.9. The molecule has 0 radical (unpaired) electrons. The molecule has 2 fully saturated rings. The maximum absolute atomic E-state index is 11.8. The van der Waals surface area contributed by atoms with Crippen molar-refractivity contribution in [1.29, 1.82) is 0 Å². The Bertz CT molecular complexity index is 623. The molecule has 4 nitrogen and oxygen atoms in total. The van der Waals surface area contributed by atoms with Gasteiger partial charge in [-0.05, 0) is 38.3 Å². The lowest BCUT2D eigenvalue weighted by atomic mass is 10.1. The van der Waals surface area contributed by atoms with E-state index in [9.17, 15) is 8.42 Å². The Kier molecular flexibility index (Phi) is 3.97. The third-order valence-corrected chi connectivity index (χ3v) is 6.17. The van der Waals surface area contributed by atoms with Crippen molar-refractivity contribution in [3.63, 3.8) is 0 Å². The van der Waals surface area contributed by atoms with Crippen molar-refractivity contribution in [2.45, 2.75) is 45.3 Å². The second-order valence-electron chi connectivity index (χ2n) is 6.44. The van der Waals surface area contributed by atoms with E-state index in [0.717, 1.165) is 6.54 Å². The van der Waals surface area contributed by atoms with Gasteiger partial charge in [-0.2, -0.15) is 0 Å². The van der Waals surface area contributed by atoms with Crippen molar-refractivity contribution in [2.24, 2.45) is 0 Å². The number of nitrogens with one attached hydrogen (secondary N) is 1. The Labute approximate surface area is 127 Å². The van der Waals surface area contributed by atoms with Crippen LogP contribution in [0, 0.1) is 6.92 Å². The van der Waals surface area contributed by atoms with Crippen LogP contribution in [0.4, 0.5) is 5.69 Å². The summed E-state index contributed by atoms with van der Waals surface area (Å²) in [4.78, 5) is 2.25. The van der Waals surface area contributed by atoms with E-state index in [1.807, 2.05) is 6.92 Å². The molecule has 0 bridgehead atoms. The van der Waals surface area contributed by atoms with Crippen LogP contribution in [0.1, 0.15) is 30.9 Å². The molecule has 3 rings (SSSR count). The highest BCUT2D eigenvalue weighted by Gasteiger charge is 2.29. The van der Waals surface area contributed by atoms with Crippen molar-refractivity contribution < 1.29 is 8.42 Å². The number of rotatable bonds is 4. The van der Waals surface area contributed by atoms with E-state index in [-0.39, 0.29) is 17.5 Å². The van der Waals surface area contributed by atoms with Crippen LogP contribution >= 0.6 is 0 Å². The van der Waals surface area contributed by atoms with E-state index in [4.69, 9.17) is 0 Å². The predicted octanol–water partition coefficient (Wildman–Crippen LogP) is 1.87. The highest BCUT2D eigenvalue weighted by atomic mass is 32.2. The molecule has 0 amide bonds. The topological polar surface area (TPSA) is 49.4 Å². The third kappa shape index (κ3) is 3.58. The van der Waals surface area contributed by atoms with Gasteiger partial charge in [-0.3, -0.25) is 0 Å².